The second-order valence-corrected chi connectivity index (χ2v) is 7.99. The lowest BCUT2D eigenvalue weighted by atomic mass is 10.0. The Balaban J connectivity index is 1.61. The lowest BCUT2D eigenvalue weighted by molar-refractivity contribution is -0.133. The van der Waals surface area contributed by atoms with E-state index in [1.54, 1.807) is 0 Å². The molecule has 1 unspecified atom stereocenters. The SMILES string of the molecule is COC1CCN(CC2CCCCCN2C(=O)Cc2cccc(C)c2)CC1. The normalized spacial score (nSPS) is 23.0. The molecule has 144 valence electrons. The van der Waals surface area contributed by atoms with E-state index in [2.05, 4.69) is 41.0 Å². The number of rotatable bonds is 5. The Kier molecular flexibility index (Phi) is 7.09. The minimum Gasteiger partial charge on any atom is -0.381 e. The maximum absolute atomic E-state index is 13.1. The van der Waals surface area contributed by atoms with Crippen LogP contribution in [0, 0.1) is 6.92 Å². The monoisotopic (exact) mass is 358 g/mol. The fourth-order valence-electron chi connectivity index (χ4n) is 4.42. The summed E-state index contributed by atoms with van der Waals surface area (Å²) in [6.45, 7) is 6.22. The van der Waals surface area contributed by atoms with Gasteiger partial charge in [-0.1, -0.05) is 42.7 Å². The van der Waals surface area contributed by atoms with E-state index in [0.29, 0.717) is 24.5 Å². The number of carbonyl (C=O) groups excluding carboxylic acids is 1. The van der Waals surface area contributed by atoms with E-state index < -0.39 is 0 Å². The van der Waals surface area contributed by atoms with Gasteiger partial charge in [0.1, 0.15) is 0 Å². The van der Waals surface area contributed by atoms with Crippen LogP contribution in [0.3, 0.4) is 0 Å². The molecule has 1 amide bonds. The van der Waals surface area contributed by atoms with Gasteiger partial charge in [0, 0.05) is 39.3 Å². The molecular weight excluding hydrogens is 324 g/mol. The van der Waals surface area contributed by atoms with Crippen molar-refractivity contribution in [3.05, 3.63) is 35.4 Å². The van der Waals surface area contributed by atoms with Crippen molar-refractivity contribution in [1.29, 1.82) is 0 Å². The van der Waals surface area contributed by atoms with E-state index >= 15 is 0 Å². The molecular formula is C22H34N2O2. The van der Waals surface area contributed by atoms with Crippen LogP contribution in [-0.2, 0) is 16.0 Å². The fraction of sp³-hybridized carbons (Fsp3) is 0.682. The first-order valence-electron chi connectivity index (χ1n) is 10.3. The molecule has 0 aromatic heterocycles. The second-order valence-electron chi connectivity index (χ2n) is 7.99. The van der Waals surface area contributed by atoms with Gasteiger partial charge in [-0.05, 0) is 38.2 Å². The molecule has 2 saturated heterocycles. The molecule has 4 nitrogen and oxygen atoms in total. The average molecular weight is 359 g/mol. The van der Waals surface area contributed by atoms with Crippen LogP contribution in [-0.4, -0.2) is 61.1 Å². The highest BCUT2D eigenvalue weighted by Gasteiger charge is 2.28. The zero-order valence-electron chi connectivity index (χ0n) is 16.5. The molecule has 0 spiro atoms. The minimum absolute atomic E-state index is 0.300. The molecule has 2 heterocycles. The van der Waals surface area contributed by atoms with Crippen molar-refractivity contribution < 1.29 is 9.53 Å². The third-order valence-corrected chi connectivity index (χ3v) is 5.97. The molecule has 2 fully saturated rings. The zero-order valence-corrected chi connectivity index (χ0v) is 16.5. The predicted octanol–water partition coefficient (Wildman–Crippen LogP) is 3.42. The van der Waals surface area contributed by atoms with E-state index in [1.807, 2.05) is 7.11 Å². The number of nitrogens with zero attached hydrogens (tertiary/aromatic N) is 2. The number of benzene rings is 1. The lowest BCUT2D eigenvalue weighted by Gasteiger charge is -2.37. The van der Waals surface area contributed by atoms with Crippen LogP contribution in [0.25, 0.3) is 0 Å². The number of methoxy groups -OCH3 is 1. The van der Waals surface area contributed by atoms with Gasteiger partial charge in [0.15, 0.2) is 0 Å². The van der Waals surface area contributed by atoms with Crippen molar-refractivity contribution in [3.63, 3.8) is 0 Å². The molecule has 2 aliphatic heterocycles. The Morgan fingerprint density at radius 1 is 1.12 bits per heavy atom. The van der Waals surface area contributed by atoms with Crippen LogP contribution in [0.5, 0.6) is 0 Å². The Morgan fingerprint density at radius 2 is 1.92 bits per heavy atom. The Labute approximate surface area is 158 Å². The maximum atomic E-state index is 13.1. The third kappa shape index (κ3) is 5.31. The van der Waals surface area contributed by atoms with Gasteiger partial charge in [-0.3, -0.25) is 4.79 Å². The van der Waals surface area contributed by atoms with E-state index in [-0.39, 0.29) is 0 Å². The van der Waals surface area contributed by atoms with Crippen molar-refractivity contribution in [2.45, 2.75) is 64.0 Å². The summed E-state index contributed by atoms with van der Waals surface area (Å²) in [4.78, 5) is 17.8. The first-order chi connectivity index (χ1) is 12.7. The number of carbonyl (C=O) groups is 1. The standard InChI is InChI=1S/C22H34N2O2/c1-18-7-6-8-19(15-18)16-22(25)24-12-5-3-4-9-20(24)17-23-13-10-21(26-2)11-14-23/h6-8,15,20-21H,3-5,9-14,16-17H2,1-2H3. The minimum atomic E-state index is 0.300. The molecule has 0 bridgehead atoms. The van der Waals surface area contributed by atoms with Crippen molar-refractivity contribution in [3.8, 4) is 0 Å². The van der Waals surface area contributed by atoms with Crippen LogP contribution < -0.4 is 0 Å². The Morgan fingerprint density at radius 3 is 2.65 bits per heavy atom. The average Bonchev–Trinajstić information content (AvgIpc) is 2.88. The molecule has 0 saturated carbocycles. The van der Waals surface area contributed by atoms with Gasteiger partial charge in [0.2, 0.25) is 5.91 Å². The van der Waals surface area contributed by atoms with Gasteiger partial charge in [-0.25, -0.2) is 0 Å². The summed E-state index contributed by atoms with van der Waals surface area (Å²) < 4.78 is 5.49. The van der Waals surface area contributed by atoms with Crippen LogP contribution in [0.2, 0.25) is 0 Å². The quantitative estimate of drug-likeness (QED) is 0.808. The number of hydrogen-bond donors (Lipinski definition) is 0. The molecule has 1 aromatic rings. The van der Waals surface area contributed by atoms with Crippen LogP contribution in [0.1, 0.15) is 49.7 Å². The van der Waals surface area contributed by atoms with Gasteiger partial charge < -0.3 is 14.5 Å². The molecule has 2 aliphatic rings. The van der Waals surface area contributed by atoms with E-state index in [1.165, 1.54) is 18.4 Å². The first-order valence-corrected chi connectivity index (χ1v) is 10.3. The highest BCUT2D eigenvalue weighted by Crippen LogP contribution is 2.21. The van der Waals surface area contributed by atoms with E-state index in [0.717, 1.165) is 57.4 Å². The molecule has 1 aromatic carbocycles. The molecule has 26 heavy (non-hydrogen) atoms. The van der Waals surface area contributed by atoms with Crippen molar-refractivity contribution in [1.82, 2.24) is 9.80 Å². The topological polar surface area (TPSA) is 32.8 Å². The Hall–Kier alpha value is -1.39. The fourth-order valence-corrected chi connectivity index (χ4v) is 4.42. The summed E-state index contributed by atoms with van der Waals surface area (Å²) in [7, 11) is 1.82. The molecule has 4 heteroatoms. The molecule has 3 rings (SSSR count). The van der Waals surface area contributed by atoms with Crippen LogP contribution in [0.15, 0.2) is 24.3 Å². The lowest BCUT2D eigenvalue weighted by Crippen LogP contribution is -2.49. The van der Waals surface area contributed by atoms with Gasteiger partial charge in [0.05, 0.1) is 12.5 Å². The summed E-state index contributed by atoms with van der Waals surface area (Å²) in [5.41, 5.74) is 2.36. The van der Waals surface area contributed by atoms with Gasteiger partial charge in [0.25, 0.3) is 0 Å². The number of aryl methyl sites for hydroxylation is 1. The molecule has 0 radical (unpaired) electrons. The maximum Gasteiger partial charge on any atom is 0.227 e. The largest absolute Gasteiger partial charge is 0.381 e. The summed E-state index contributed by atoms with van der Waals surface area (Å²) >= 11 is 0. The zero-order chi connectivity index (χ0) is 18.4. The summed E-state index contributed by atoms with van der Waals surface area (Å²) in [6.07, 6.45) is 7.94. The molecule has 1 atom stereocenters. The van der Waals surface area contributed by atoms with Crippen molar-refractivity contribution >= 4 is 5.91 Å². The summed E-state index contributed by atoms with van der Waals surface area (Å²) in [5, 5.41) is 0. The Bertz CT molecular complexity index is 581. The van der Waals surface area contributed by atoms with Crippen LogP contribution >= 0.6 is 0 Å². The van der Waals surface area contributed by atoms with Crippen molar-refractivity contribution in [2.75, 3.05) is 33.3 Å². The van der Waals surface area contributed by atoms with Crippen LogP contribution in [0.4, 0.5) is 0 Å². The van der Waals surface area contributed by atoms with E-state index in [4.69, 9.17) is 4.74 Å². The molecule has 0 aliphatic carbocycles. The highest BCUT2D eigenvalue weighted by molar-refractivity contribution is 5.79. The number of ether oxygens (including phenoxy) is 1. The summed E-state index contributed by atoms with van der Waals surface area (Å²) in [5.74, 6) is 0.300. The van der Waals surface area contributed by atoms with Gasteiger partial charge >= 0.3 is 0 Å². The summed E-state index contributed by atoms with van der Waals surface area (Å²) in [6, 6.07) is 8.73. The number of amides is 1. The number of piperidine rings is 1. The van der Waals surface area contributed by atoms with E-state index in [9.17, 15) is 4.79 Å². The van der Waals surface area contributed by atoms with Crippen molar-refractivity contribution in [2.24, 2.45) is 0 Å². The van der Waals surface area contributed by atoms with Gasteiger partial charge in [-0.15, -0.1) is 0 Å². The first kappa shape index (κ1) is 19.4. The third-order valence-electron chi connectivity index (χ3n) is 5.97. The van der Waals surface area contributed by atoms with Gasteiger partial charge in [-0.2, -0.15) is 0 Å². The molecule has 0 N–H and O–H groups in total. The highest BCUT2D eigenvalue weighted by atomic mass is 16.5. The number of likely N-dealkylation sites (tertiary alicyclic amines) is 2. The second kappa shape index (κ2) is 9.52. The smallest absolute Gasteiger partial charge is 0.227 e. The number of hydrogen-bond acceptors (Lipinski definition) is 3. The predicted molar refractivity (Wildman–Crippen MR) is 105 cm³/mol.